The minimum Gasteiger partial charge on any atom is -0.488 e. The van der Waals surface area contributed by atoms with Crippen LogP contribution in [-0.2, 0) is 11.4 Å². The molecule has 3 aromatic carbocycles. The molecule has 0 radical (unpaired) electrons. The number of thioether (sulfide) groups is 1. The molecule has 0 aliphatic carbocycles. The highest BCUT2D eigenvalue weighted by molar-refractivity contribution is 8.04. The molecule has 0 bridgehead atoms. The summed E-state index contributed by atoms with van der Waals surface area (Å²) in [4.78, 5) is 19.5. The van der Waals surface area contributed by atoms with Gasteiger partial charge in [0.15, 0.2) is 5.16 Å². The van der Waals surface area contributed by atoms with Crippen LogP contribution in [0.4, 0.5) is 4.39 Å². The first-order valence-corrected chi connectivity index (χ1v) is 10.4. The Morgan fingerprint density at radius 3 is 2.68 bits per heavy atom. The highest BCUT2D eigenvalue weighted by atomic mass is 35.5. The minimum atomic E-state index is -1.10. The van der Waals surface area contributed by atoms with E-state index in [0.717, 1.165) is 28.4 Å². The van der Waals surface area contributed by atoms with E-state index in [1.165, 1.54) is 18.2 Å². The van der Waals surface area contributed by atoms with Crippen LogP contribution in [0.3, 0.4) is 0 Å². The molecule has 0 amide bonds. The van der Waals surface area contributed by atoms with Crippen LogP contribution in [0, 0.1) is 5.82 Å². The number of hydrogen-bond donors (Lipinski definition) is 2. The normalized spacial score (nSPS) is 11.6. The number of hydrogen-bond acceptors (Lipinski definition) is 4. The summed E-state index contributed by atoms with van der Waals surface area (Å²) in [5, 5.41) is 10.6. The zero-order chi connectivity index (χ0) is 21.8. The van der Waals surface area contributed by atoms with Crippen LogP contribution in [0.5, 0.6) is 5.75 Å². The lowest BCUT2D eigenvalue weighted by Crippen LogP contribution is -2.00. The van der Waals surface area contributed by atoms with Gasteiger partial charge in [-0.2, -0.15) is 0 Å². The fourth-order valence-electron chi connectivity index (χ4n) is 2.86. The lowest BCUT2D eigenvalue weighted by atomic mass is 10.2. The number of ether oxygens (including phenoxy) is 1. The molecule has 1 heterocycles. The van der Waals surface area contributed by atoms with Gasteiger partial charge < -0.3 is 14.8 Å². The number of nitrogens with one attached hydrogen (secondary N) is 1. The largest absolute Gasteiger partial charge is 0.488 e. The van der Waals surface area contributed by atoms with E-state index in [-0.39, 0.29) is 17.3 Å². The Hall–Kier alpha value is -3.29. The maximum atomic E-state index is 13.1. The molecule has 8 heteroatoms. The van der Waals surface area contributed by atoms with Crippen molar-refractivity contribution in [3.63, 3.8) is 0 Å². The average molecular weight is 455 g/mol. The first-order chi connectivity index (χ1) is 15.0. The number of nitrogens with zero attached hydrogens (tertiary/aromatic N) is 1. The number of para-hydroxylation sites is 2. The zero-order valence-electron chi connectivity index (χ0n) is 16.0. The highest BCUT2D eigenvalue weighted by Crippen LogP contribution is 2.32. The van der Waals surface area contributed by atoms with Gasteiger partial charge in [-0.05, 0) is 65.9 Å². The topological polar surface area (TPSA) is 75.2 Å². The summed E-state index contributed by atoms with van der Waals surface area (Å²) in [6.45, 7) is 0.196. The van der Waals surface area contributed by atoms with Gasteiger partial charge in [0.25, 0.3) is 0 Å². The lowest BCUT2D eigenvalue weighted by molar-refractivity contribution is -0.131. The van der Waals surface area contributed by atoms with Crippen molar-refractivity contribution in [1.82, 2.24) is 9.97 Å². The van der Waals surface area contributed by atoms with Gasteiger partial charge in [0.1, 0.15) is 23.1 Å². The molecule has 0 aliphatic rings. The Morgan fingerprint density at radius 2 is 1.94 bits per heavy atom. The van der Waals surface area contributed by atoms with Crippen molar-refractivity contribution >= 4 is 46.4 Å². The minimum absolute atomic E-state index is 0.0490. The Bertz CT molecular complexity index is 1240. The number of carboxylic acids is 1. The van der Waals surface area contributed by atoms with Crippen LogP contribution in [0.1, 0.15) is 11.1 Å². The maximum Gasteiger partial charge on any atom is 0.342 e. The molecular formula is C23H16ClFN2O3S. The van der Waals surface area contributed by atoms with Gasteiger partial charge in [0.05, 0.1) is 11.0 Å². The number of carboxylic acid groups (broad SMARTS) is 1. The number of fused-ring (bicyclic) bond motifs is 1. The van der Waals surface area contributed by atoms with E-state index in [9.17, 15) is 14.3 Å². The second kappa shape index (κ2) is 9.24. The number of halogens is 2. The summed E-state index contributed by atoms with van der Waals surface area (Å²) in [7, 11) is 0. The standard InChI is InChI=1S/C23H16ClFN2O3S/c24-16-7-10-20(30-13-14-5-8-17(25)9-6-14)15(11-16)12-21(22(28)29)31-23-26-18-3-1-2-4-19(18)27-23/h1-12H,13H2,(H,26,27)(H,28,29)/b21-12-. The van der Waals surface area contributed by atoms with Gasteiger partial charge in [0, 0.05) is 10.6 Å². The van der Waals surface area contributed by atoms with Crippen molar-refractivity contribution in [2.45, 2.75) is 11.8 Å². The molecular weight excluding hydrogens is 439 g/mol. The number of aromatic amines is 1. The van der Waals surface area contributed by atoms with Gasteiger partial charge in [-0.1, -0.05) is 35.9 Å². The van der Waals surface area contributed by atoms with Gasteiger partial charge >= 0.3 is 5.97 Å². The maximum absolute atomic E-state index is 13.1. The third kappa shape index (κ3) is 5.25. The fourth-order valence-corrected chi connectivity index (χ4v) is 3.83. The van der Waals surface area contributed by atoms with Crippen molar-refractivity contribution in [2.75, 3.05) is 0 Å². The van der Waals surface area contributed by atoms with Crippen molar-refractivity contribution in [2.24, 2.45) is 0 Å². The van der Waals surface area contributed by atoms with E-state index in [0.29, 0.717) is 21.5 Å². The van der Waals surface area contributed by atoms with Crippen molar-refractivity contribution in [3.05, 3.63) is 93.6 Å². The molecule has 5 nitrogen and oxygen atoms in total. The molecule has 4 aromatic rings. The molecule has 0 fully saturated rings. The lowest BCUT2D eigenvalue weighted by Gasteiger charge is -2.11. The number of imidazole rings is 1. The SMILES string of the molecule is O=C(O)/C(=C/c1cc(Cl)ccc1OCc1ccc(F)cc1)Sc1nc2ccccc2[nH]1. The molecule has 4 rings (SSSR count). The van der Waals surface area contributed by atoms with Crippen LogP contribution in [0.15, 0.2) is 76.8 Å². The Kier molecular flexibility index (Phi) is 6.25. The van der Waals surface area contributed by atoms with Gasteiger partial charge in [-0.15, -0.1) is 0 Å². The average Bonchev–Trinajstić information content (AvgIpc) is 3.16. The first-order valence-electron chi connectivity index (χ1n) is 9.22. The predicted octanol–water partition coefficient (Wildman–Crippen LogP) is 6.15. The van der Waals surface area contributed by atoms with E-state index in [1.807, 2.05) is 24.3 Å². The van der Waals surface area contributed by atoms with Crippen LogP contribution >= 0.6 is 23.4 Å². The molecule has 156 valence electrons. The second-order valence-corrected chi connectivity index (χ2v) is 8.04. The third-order valence-electron chi connectivity index (χ3n) is 4.35. The molecule has 0 atom stereocenters. The number of H-pyrrole nitrogens is 1. The number of benzene rings is 3. The molecule has 0 aliphatic heterocycles. The molecule has 0 unspecified atom stereocenters. The van der Waals surface area contributed by atoms with E-state index in [1.54, 1.807) is 30.3 Å². The van der Waals surface area contributed by atoms with E-state index < -0.39 is 5.97 Å². The van der Waals surface area contributed by atoms with Gasteiger partial charge in [-0.3, -0.25) is 0 Å². The summed E-state index contributed by atoms with van der Waals surface area (Å²) in [5.74, 6) is -0.972. The fraction of sp³-hybridized carbons (Fsp3) is 0.0435. The monoisotopic (exact) mass is 454 g/mol. The van der Waals surface area contributed by atoms with Gasteiger partial charge in [0.2, 0.25) is 0 Å². The molecule has 1 aromatic heterocycles. The van der Waals surface area contributed by atoms with Gasteiger partial charge in [-0.25, -0.2) is 14.2 Å². The second-order valence-electron chi connectivity index (χ2n) is 6.57. The zero-order valence-corrected chi connectivity index (χ0v) is 17.6. The molecule has 0 saturated carbocycles. The summed E-state index contributed by atoms with van der Waals surface area (Å²) in [5.41, 5.74) is 2.86. The number of carbonyl (C=O) groups is 1. The van der Waals surface area contributed by atoms with Crippen LogP contribution < -0.4 is 4.74 Å². The number of aliphatic carboxylic acids is 1. The summed E-state index contributed by atoms with van der Waals surface area (Å²) in [6.07, 6.45) is 1.49. The van der Waals surface area contributed by atoms with Crippen molar-refractivity contribution < 1.29 is 19.0 Å². The van der Waals surface area contributed by atoms with Crippen molar-refractivity contribution in [3.8, 4) is 5.75 Å². The quantitative estimate of drug-likeness (QED) is 0.258. The van der Waals surface area contributed by atoms with E-state index in [2.05, 4.69) is 9.97 Å². The van der Waals surface area contributed by atoms with E-state index >= 15 is 0 Å². The molecule has 0 spiro atoms. The summed E-state index contributed by atoms with van der Waals surface area (Å²) >= 11 is 7.13. The van der Waals surface area contributed by atoms with Crippen LogP contribution in [-0.4, -0.2) is 21.0 Å². The summed E-state index contributed by atoms with van der Waals surface area (Å²) < 4.78 is 18.9. The van der Waals surface area contributed by atoms with Crippen LogP contribution in [0.2, 0.25) is 5.02 Å². The smallest absolute Gasteiger partial charge is 0.342 e. The Balaban J connectivity index is 1.61. The molecule has 31 heavy (non-hydrogen) atoms. The number of rotatable bonds is 7. The molecule has 2 N–H and O–H groups in total. The third-order valence-corrected chi connectivity index (χ3v) is 5.49. The van der Waals surface area contributed by atoms with Crippen LogP contribution in [0.25, 0.3) is 17.1 Å². The number of aromatic nitrogens is 2. The summed E-state index contributed by atoms with van der Waals surface area (Å²) in [6, 6.07) is 18.4. The highest BCUT2D eigenvalue weighted by Gasteiger charge is 2.15. The van der Waals surface area contributed by atoms with Crippen molar-refractivity contribution in [1.29, 1.82) is 0 Å². The first kappa shape index (κ1) is 21.0. The Labute approximate surface area is 186 Å². The Morgan fingerprint density at radius 1 is 1.16 bits per heavy atom. The predicted molar refractivity (Wildman–Crippen MR) is 120 cm³/mol. The molecule has 0 saturated heterocycles. The van der Waals surface area contributed by atoms with E-state index in [4.69, 9.17) is 16.3 Å².